The fraction of sp³-hybridized carbons (Fsp3) is 0.190. The number of aromatic nitrogens is 1. The fourth-order valence-corrected chi connectivity index (χ4v) is 3.69. The van der Waals surface area contributed by atoms with Crippen molar-refractivity contribution >= 4 is 28.8 Å². The van der Waals surface area contributed by atoms with Crippen LogP contribution in [0.1, 0.15) is 16.1 Å². The topological polar surface area (TPSA) is 71.1 Å². The summed E-state index contributed by atoms with van der Waals surface area (Å²) in [5.41, 5.74) is 2.81. The van der Waals surface area contributed by atoms with Crippen molar-refractivity contribution in [3.05, 3.63) is 70.2 Å². The van der Waals surface area contributed by atoms with Gasteiger partial charge in [-0.3, -0.25) is 9.59 Å². The summed E-state index contributed by atoms with van der Waals surface area (Å²) in [5.74, 6) is -3.63. The van der Waals surface area contributed by atoms with Crippen molar-refractivity contribution in [2.24, 2.45) is 0 Å². The minimum Gasteiger partial charge on any atom is -0.347 e. The van der Waals surface area contributed by atoms with Gasteiger partial charge in [-0.2, -0.15) is 0 Å². The molecule has 0 bridgehead atoms. The monoisotopic (exact) mass is 415 g/mol. The van der Waals surface area contributed by atoms with E-state index in [1.165, 1.54) is 16.9 Å². The van der Waals surface area contributed by atoms with Crippen molar-refractivity contribution in [2.75, 3.05) is 11.9 Å². The van der Waals surface area contributed by atoms with Crippen LogP contribution in [0.4, 0.5) is 14.5 Å². The van der Waals surface area contributed by atoms with E-state index in [0.717, 1.165) is 33.3 Å². The third-order valence-electron chi connectivity index (χ3n) is 4.21. The third-order valence-corrected chi connectivity index (χ3v) is 5.48. The lowest BCUT2D eigenvalue weighted by atomic mass is 10.2. The third kappa shape index (κ3) is 5.23. The molecular weight excluding hydrogens is 396 g/mol. The van der Waals surface area contributed by atoms with Gasteiger partial charge in [-0.25, -0.2) is 13.8 Å². The molecule has 0 aliphatic carbocycles. The lowest BCUT2D eigenvalue weighted by molar-refractivity contribution is -0.136. The van der Waals surface area contributed by atoms with Crippen LogP contribution >= 0.6 is 11.3 Å². The van der Waals surface area contributed by atoms with Crippen LogP contribution in [0.25, 0.3) is 10.6 Å². The van der Waals surface area contributed by atoms with Gasteiger partial charge in [0.2, 0.25) is 0 Å². The summed E-state index contributed by atoms with van der Waals surface area (Å²) >= 11 is 1.54. The second kappa shape index (κ2) is 8.91. The number of thiazole rings is 1. The van der Waals surface area contributed by atoms with Gasteiger partial charge >= 0.3 is 11.8 Å². The Morgan fingerprint density at radius 1 is 1.03 bits per heavy atom. The zero-order valence-electron chi connectivity index (χ0n) is 15.9. The van der Waals surface area contributed by atoms with Gasteiger partial charge in [-0.05, 0) is 26.0 Å². The zero-order valence-corrected chi connectivity index (χ0v) is 16.7. The number of carbonyl (C=O) groups is 2. The highest BCUT2D eigenvalue weighted by atomic mass is 32.1. The van der Waals surface area contributed by atoms with Crippen molar-refractivity contribution in [2.45, 2.75) is 20.3 Å². The molecule has 0 unspecified atom stereocenters. The molecule has 1 aromatic heterocycles. The molecule has 0 atom stereocenters. The van der Waals surface area contributed by atoms with Crippen LogP contribution in [0.2, 0.25) is 0 Å². The predicted molar refractivity (Wildman–Crippen MR) is 109 cm³/mol. The molecule has 0 spiro atoms. The van der Waals surface area contributed by atoms with Crippen molar-refractivity contribution < 1.29 is 18.4 Å². The molecule has 0 radical (unpaired) electrons. The number of rotatable bonds is 5. The summed E-state index contributed by atoms with van der Waals surface area (Å²) < 4.78 is 26.5. The Morgan fingerprint density at radius 2 is 1.76 bits per heavy atom. The molecule has 0 fully saturated rings. The molecule has 0 aliphatic heterocycles. The van der Waals surface area contributed by atoms with Crippen molar-refractivity contribution in [1.29, 1.82) is 0 Å². The van der Waals surface area contributed by atoms with Crippen molar-refractivity contribution in [1.82, 2.24) is 10.3 Å². The first-order valence-corrected chi connectivity index (χ1v) is 9.72. The van der Waals surface area contributed by atoms with Gasteiger partial charge < -0.3 is 10.6 Å². The minimum absolute atomic E-state index is 0.231. The number of hydrogen-bond acceptors (Lipinski definition) is 4. The number of aryl methyl sites for hydroxylation is 2. The maximum Gasteiger partial charge on any atom is 0.313 e. The molecule has 0 saturated heterocycles. The Kier molecular flexibility index (Phi) is 6.33. The van der Waals surface area contributed by atoms with Crippen LogP contribution in [-0.2, 0) is 16.0 Å². The standard InChI is InChI=1S/C21H19F2N3O2S/c1-12-3-5-14(6-4-12)21-25-13(2)18(29-21)9-10-24-19(27)20(28)26-17-8-7-15(22)11-16(17)23/h3-8,11H,9-10H2,1-2H3,(H,24,27)(H,26,28). The summed E-state index contributed by atoms with van der Waals surface area (Å²) in [6, 6.07) is 10.8. The van der Waals surface area contributed by atoms with Gasteiger partial charge in [-0.15, -0.1) is 11.3 Å². The van der Waals surface area contributed by atoms with Gasteiger partial charge in [0.15, 0.2) is 0 Å². The van der Waals surface area contributed by atoms with Gasteiger partial charge in [0.1, 0.15) is 16.6 Å². The first-order chi connectivity index (χ1) is 13.8. The van der Waals surface area contributed by atoms with E-state index in [1.54, 1.807) is 0 Å². The number of nitrogens with zero attached hydrogens (tertiary/aromatic N) is 1. The van der Waals surface area contributed by atoms with E-state index in [0.29, 0.717) is 12.5 Å². The molecule has 0 aliphatic rings. The summed E-state index contributed by atoms with van der Waals surface area (Å²) in [6.07, 6.45) is 0.513. The van der Waals surface area contributed by atoms with Gasteiger partial charge in [0.05, 0.1) is 11.4 Å². The van der Waals surface area contributed by atoms with E-state index in [-0.39, 0.29) is 12.2 Å². The summed E-state index contributed by atoms with van der Waals surface area (Å²) in [4.78, 5) is 29.4. The largest absolute Gasteiger partial charge is 0.347 e. The van der Waals surface area contributed by atoms with Crippen molar-refractivity contribution in [3.8, 4) is 10.6 Å². The van der Waals surface area contributed by atoms with E-state index < -0.39 is 23.4 Å². The van der Waals surface area contributed by atoms with E-state index in [2.05, 4.69) is 15.6 Å². The van der Waals surface area contributed by atoms with Crippen molar-refractivity contribution in [3.63, 3.8) is 0 Å². The molecule has 3 aromatic rings. The molecule has 150 valence electrons. The molecule has 2 N–H and O–H groups in total. The second-order valence-corrected chi connectivity index (χ2v) is 7.56. The summed E-state index contributed by atoms with van der Waals surface area (Å²) in [6.45, 7) is 4.15. The SMILES string of the molecule is Cc1ccc(-c2nc(C)c(CCNC(=O)C(=O)Nc3ccc(F)cc3F)s2)cc1. The number of hydrogen-bond donors (Lipinski definition) is 2. The smallest absolute Gasteiger partial charge is 0.313 e. The minimum atomic E-state index is -1.02. The van der Waals surface area contributed by atoms with E-state index in [1.807, 2.05) is 38.1 Å². The maximum atomic E-state index is 13.6. The Bertz CT molecular complexity index is 1050. The highest BCUT2D eigenvalue weighted by Crippen LogP contribution is 2.28. The molecule has 29 heavy (non-hydrogen) atoms. The Morgan fingerprint density at radius 3 is 2.45 bits per heavy atom. The lowest BCUT2D eigenvalue weighted by Crippen LogP contribution is -2.36. The molecule has 8 heteroatoms. The first-order valence-electron chi connectivity index (χ1n) is 8.91. The zero-order chi connectivity index (χ0) is 21.0. The van der Waals surface area contributed by atoms with Gasteiger partial charge in [0, 0.05) is 29.5 Å². The predicted octanol–water partition coefficient (Wildman–Crippen LogP) is 4.00. The molecule has 5 nitrogen and oxygen atoms in total. The molecule has 3 rings (SSSR count). The number of amides is 2. The summed E-state index contributed by atoms with van der Waals surface area (Å²) in [7, 11) is 0. The highest BCUT2D eigenvalue weighted by Gasteiger charge is 2.16. The van der Waals surface area contributed by atoms with Crippen LogP contribution in [-0.4, -0.2) is 23.3 Å². The Balaban J connectivity index is 1.54. The number of anilines is 1. The van der Waals surface area contributed by atoms with E-state index >= 15 is 0 Å². The van der Waals surface area contributed by atoms with Crippen LogP contribution in [0.15, 0.2) is 42.5 Å². The van der Waals surface area contributed by atoms with Crippen LogP contribution < -0.4 is 10.6 Å². The number of halogens is 2. The van der Waals surface area contributed by atoms with Crippen LogP contribution in [0.3, 0.4) is 0 Å². The van der Waals surface area contributed by atoms with E-state index in [9.17, 15) is 18.4 Å². The highest BCUT2D eigenvalue weighted by molar-refractivity contribution is 7.15. The second-order valence-electron chi connectivity index (χ2n) is 6.48. The Labute approximate surface area is 170 Å². The molecule has 2 amide bonds. The number of carbonyl (C=O) groups excluding carboxylic acids is 2. The van der Waals surface area contributed by atoms with Gasteiger partial charge in [-0.1, -0.05) is 29.8 Å². The average Bonchev–Trinajstić information content (AvgIpc) is 3.05. The number of nitrogens with one attached hydrogen (secondary N) is 2. The normalized spacial score (nSPS) is 10.6. The molecule has 1 heterocycles. The van der Waals surface area contributed by atoms with Crippen LogP contribution in [0.5, 0.6) is 0 Å². The molecular formula is C21H19F2N3O2S. The molecule has 0 saturated carbocycles. The lowest BCUT2D eigenvalue weighted by Gasteiger charge is -2.07. The van der Waals surface area contributed by atoms with Crippen LogP contribution in [0, 0.1) is 25.5 Å². The first kappa shape index (κ1) is 20.6. The van der Waals surface area contributed by atoms with Gasteiger partial charge in [0.25, 0.3) is 0 Å². The fourth-order valence-electron chi connectivity index (χ4n) is 2.62. The average molecular weight is 415 g/mol. The van der Waals surface area contributed by atoms with E-state index in [4.69, 9.17) is 0 Å². The Hall–Kier alpha value is -3.13. The quantitative estimate of drug-likeness (QED) is 0.619. The molecule has 2 aromatic carbocycles. The number of benzene rings is 2. The maximum absolute atomic E-state index is 13.6. The summed E-state index contributed by atoms with van der Waals surface area (Å²) in [5, 5.41) is 5.52.